The lowest BCUT2D eigenvalue weighted by Crippen LogP contribution is -2.41. The number of esters is 1. The molecule has 1 saturated heterocycles. The van der Waals surface area contributed by atoms with E-state index in [0.29, 0.717) is 23.2 Å². The molecule has 128 valence electrons. The smallest absolute Gasteiger partial charge is 0.339 e. The van der Waals surface area contributed by atoms with Crippen LogP contribution in [0.3, 0.4) is 0 Å². The van der Waals surface area contributed by atoms with E-state index in [9.17, 15) is 9.59 Å². The summed E-state index contributed by atoms with van der Waals surface area (Å²) in [5.41, 5.74) is 2.48. The van der Waals surface area contributed by atoms with Gasteiger partial charge in [-0.2, -0.15) is 0 Å². The van der Waals surface area contributed by atoms with Gasteiger partial charge in [0.1, 0.15) is 5.69 Å². The van der Waals surface area contributed by atoms with Crippen molar-refractivity contribution in [1.29, 1.82) is 0 Å². The number of H-pyrrole nitrogens is 1. The number of aromatic nitrogens is 1. The molecule has 0 spiro atoms. The molecule has 2 rings (SSSR count). The number of likely N-dealkylation sites (tertiary alicyclic amines) is 1. The molecule has 0 aliphatic carbocycles. The zero-order valence-electron chi connectivity index (χ0n) is 14.7. The monoisotopic (exact) mass is 321 g/mol. The van der Waals surface area contributed by atoms with E-state index in [-0.39, 0.29) is 17.9 Å². The number of carbonyl (C=O) groups is 2. The lowest BCUT2D eigenvalue weighted by molar-refractivity contribution is 0.0599. The van der Waals surface area contributed by atoms with Gasteiger partial charge in [-0.1, -0.05) is 6.92 Å². The second-order valence-corrected chi connectivity index (χ2v) is 6.38. The van der Waals surface area contributed by atoms with Crippen LogP contribution in [0, 0.1) is 6.92 Å². The summed E-state index contributed by atoms with van der Waals surface area (Å²) >= 11 is 0. The fourth-order valence-electron chi connectivity index (χ4n) is 3.37. The van der Waals surface area contributed by atoms with Crippen molar-refractivity contribution in [2.24, 2.45) is 0 Å². The quantitative estimate of drug-likeness (QED) is 0.841. The Balaban J connectivity index is 2.32. The number of amides is 1. The number of hydrogen-bond donors (Lipinski definition) is 1. The molecule has 0 bridgehead atoms. The summed E-state index contributed by atoms with van der Waals surface area (Å²) in [5, 5.41) is 0. The number of aryl methyl sites for hydroxylation is 1. The first-order valence-corrected chi connectivity index (χ1v) is 8.16. The van der Waals surface area contributed by atoms with Crippen LogP contribution in [-0.4, -0.2) is 67.0 Å². The lowest BCUT2D eigenvalue weighted by Gasteiger charge is -2.27. The minimum Gasteiger partial charge on any atom is -0.465 e. The maximum atomic E-state index is 13.0. The summed E-state index contributed by atoms with van der Waals surface area (Å²) in [6, 6.07) is 0.229. The van der Waals surface area contributed by atoms with Crippen molar-refractivity contribution < 1.29 is 14.3 Å². The predicted octanol–water partition coefficient (Wildman–Crippen LogP) is 1.84. The second-order valence-electron chi connectivity index (χ2n) is 6.38. The van der Waals surface area contributed by atoms with Crippen molar-refractivity contribution in [3.63, 3.8) is 0 Å². The summed E-state index contributed by atoms with van der Waals surface area (Å²) in [6.45, 7) is 5.39. The summed E-state index contributed by atoms with van der Waals surface area (Å²) in [7, 11) is 5.40. The van der Waals surface area contributed by atoms with Gasteiger partial charge in [-0.05, 0) is 45.8 Å². The highest BCUT2D eigenvalue weighted by Gasteiger charge is 2.33. The molecule has 0 unspecified atom stereocenters. The predicted molar refractivity (Wildman–Crippen MR) is 88.9 cm³/mol. The van der Waals surface area contributed by atoms with Gasteiger partial charge in [0.15, 0.2) is 0 Å². The van der Waals surface area contributed by atoms with Crippen molar-refractivity contribution in [3.05, 3.63) is 22.5 Å². The van der Waals surface area contributed by atoms with Gasteiger partial charge in [0.2, 0.25) is 0 Å². The van der Waals surface area contributed by atoms with Gasteiger partial charge in [-0.25, -0.2) is 4.79 Å². The van der Waals surface area contributed by atoms with Crippen LogP contribution in [0.5, 0.6) is 0 Å². The molecular weight excluding hydrogens is 294 g/mol. The summed E-state index contributed by atoms with van der Waals surface area (Å²) in [5.74, 6) is -0.405. The molecule has 1 aromatic heterocycles. The van der Waals surface area contributed by atoms with E-state index in [1.807, 2.05) is 32.8 Å². The Hall–Kier alpha value is -1.82. The van der Waals surface area contributed by atoms with Crippen molar-refractivity contribution in [3.8, 4) is 0 Å². The fourth-order valence-corrected chi connectivity index (χ4v) is 3.37. The number of likely N-dealkylation sites (N-methyl/N-ethyl adjacent to an activating group) is 1. The van der Waals surface area contributed by atoms with Crippen LogP contribution < -0.4 is 0 Å². The molecule has 6 nitrogen and oxygen atoms in total. The molecule has 1 aromatic rings. The standard InChI is InChI=1S/C17H27N3O3/c1-6-13-14(17(22)23-5)11(2)15(18-13)16(21)20-9-7-8-12(20)10-19(3)4/h12,18H,6-10H2,1-5H3/t12-/m0/s1. The van der Waals surface area contributed by atoms with E-state index in [0.717, 1.165) is 31.6 Å². The van der Waals surface area contributed by atoms with E-state index in [4.69, 9.17) is 4.74 Å². The molecule has 1 fully saturated rings. The number of nitrogens with zero attached hydrogens (tertiary/aromatic N) is 2. The van der Waals surface area contributed by atoms with Gasteiger partial charge in [-0.3, -0.25) is 4.79 Å². The molecule has 2 heterocycles. The third-order valence-electron chi connectivity index (χ3n) is 4.50. The first kappa shape index (κ1) is 17.5. The average Bonchev–Trinajstić information content (AvgIpc) is 3.09. The highest BCUT2D eigenvalue weighted by molar-refractivity contribution is 6.00. The topological polar surface area (TPSA) is 65.6 Å². The van der Waals surface area contributed by atoms with Gasteiger partial charge < -0.3 is 19.5 Å². The molecule has 0 aromatic carbocycles. The van der Waals surface area contributed by atoms with Crippen LogP contribution in [-0.2, 0) is 11.2 Å². The first-order valence-electron chi connectivity index (χ1n) is 8.16. The average molecular weight is 321 g/mol. The first-order chi connectivity index (χ1) is 10.9. The molecule has 6 heteroatoms. The van der Waals surface area contributed by atoms with Gasteiger partial charge in [0, 0.05) is 24.8 Å². The molecule has 1 N–H and O–H groups in total. The van der Waals surface area contributed by atoms with Crippen LogP contribution in [0.4, 0.5) is 0 Å². The SMILES string of the molecule is CCc1[nH]c(C(=O)N2CCC[C@H]2CN(C)C)c(C)c1C(=O)OC. The number of aromatic amines is 1. The Morgan fingerprint density at radius 2 is 2.09 bits per heavy atom. The summed E-state index contributed by atoms with van der Waals surface area (Å²) < 4.78 is 4.86. The normalized spacial score (nSPS) is 17.8. The van der Waals surface area contributed by atoms with Crippen LogP contribution in [0.1, 0.15) is 51.9 Å². The lowest BCUT2D eigenvalue weighted by atomic mass is 10.1. The third-order valence-corrected chi connectivity index (χ3v) is 4.50. The zero-order valence-corrected chi connectivity index (χ0v) is 14.7. The summed E-state index contributed by atoms with van der Waals surface area (Å²) in [4.78, 5) is 32.2. The molecule has 0 saturated carbocycles. The molecular formula is C17H27N3O3. The maximum Gasteiger partial charge on any atom is 0.339 e. The van der Waals surface area contributed by atoms with Gasteiger partial charge in [-0.15, -0.1) is 0 Å². The van der Waals surface area contributed by atoms with Crippen LogP contribution in [0.2, 0.25) is 0 Å². The van der Waals surface area contributed by atoms with Gasteiger partial charge in [0.05, 0.1) is 12.7 Å². The van der Waals surface area contributed by atoms with E-state index in [1.165, 1.54) is 7.11 Å². The largest absolute Gasteiger partial charge is 0.465 e. The Kier molecular flexibility index (Phi) is 5.46. The number of nitrogens with one attached hydrogen (secondary N) is 1. The zero-order chi connectivity index (χ0) is 17.1. The van der Waals surface area contributed by atoms with Gasteiger partial charge in [0.25, 0.3) is 5.91 Å². The summed E-state index contributed by atoms with van der Waals surface area (Å²) in [6.07, 6.45) is 2.70. The fraction of sp³-hybridized carbons (Fsp3) is 0.647. The molecule has 1 aliphatic heterocycles. The molecule has 1 atom stereocenters. The molecule has 23 heavy (non-hydrogen) atoms. The van der Waals surface area contributed by atoms with E-state index < -0.39 is 0 Å². The second kappa shape index (κ2) is 7.17. The molecule has 1 aliphatic rings. The van der Waals surface area contributed by atoms with Crippen LogP contribution >= 0.6 is 0 Å². The van der Waals surface area contributed by atoms with Gasteiger partial charge >= 0.3 is 5.97 Å². The minimum absolute atomic E-state index is 0.0169. The number of ether oxygens (including phenoxy) is 1. The Morgan fingerprint density at radius 3 is 2.65 bits per heavy atom. The highest BCUT2D eigenvalue weighted by Crippen LogP contribution is 2.25. The van der Waals surface area contributed by atoms with E-state index in [1.54, 1.807) is 0 Å². The minimum atomic E-state index is -0.388. The molecule has 0 radical (unpaired) electrons. The number of methoxy groups -OCH3 is 1. The van der Waals surface area contributed by atoms with Crippen molar-refractivity contribution in [2.75, 3.05) is 34.3 Å². The van der Waals surface area contributed by atoms with Crippen LogP contribution in [0.25, 0.3) is 0 Å². The van der Waals surface area contributed by atoms with E-state index >= 15 is 0 Å². The maximum absolute atomic E-state index is 13.0. The third kappa shape index (κ3) is 3.42. The van der Waals surface area contributed by atoms with Crippen molar-refractivity contribution >= 4 is 11.9 Å². The number of hydrogen-bond acceptors (Lipinski definition) is 4. The van der Waals surface area contributed by atoms with Crippen molar-refractivity contribution in [2.45, 2.75) is 39.2 Å². The van der Waals surface area contributed by atoms with E-state index in [2.05, 4.69) is 9.88 Å². The Morgan fingerprint density at radius 1 is 1.39 bits per heavy atom. The number of rotatable bonds is 5. The highest BCUT2D eigenvalue weighted by atomic mass is 16.5. The van der Waals surface area contributed by atoms with Crippen molar-refractivity contribution in [1.82, 2.24) is 14.8 Å². The number of carbonyl (C=O) groups excluding carboxylic acids is 2. The molecule has 1 amide bonds. The Labute approximate surface area is 137 Å². The van der Waals surface area contributed by atoms with Crippen LogP contribution in [0.15, 0.2) is 0 Å². The Bertz CT molecular complexity index is 592.